The summed E-state index contributed by atoms with van der Waals surface area (Å²) in [4.78, 5) is 25.6. The molecule has 1 aliphatic rings. The maximum absolute atomic E-state index is 12.4. The van der Waals surface area contributed by atoms with Crippen molar-refractivity contribution in [3.05, 3.63) is 40.9 Å². The lowest BCUT2D eigenvalue weighted by Gasteiger charge is -2.27. The lowest BCUT2D eigenvalue weighted by molar-refractivity contribution is -0.128. The van der Waals surface area contributed by atoms with Crippen molar-refractivity contribution >= 4 is 46.8 Å². The molecule has 1 fully saturated rings. The summed E-state index contributed by atoms with van der Waals surface area (Å²) in [5, 5.41) is 12.8. The van der Waals surface area contributed by atoms with Crippen LogP contribution in [0.1, 0.15) is 5.56 Å². The van der Waals surface area contributed by atoms with Crippen LogP contribution in [0.15, 0.2) is 30.4 Å². The first-order chi connectivity index (χ1) is 10.9. The topological polar surface area (TPSA) is 78.9 Å². The summed E-state index contributed by atoms with van der Waals surface area (Å²) in [5.41, 5.74) is -0.000656. The van der Waals surface area contributed by atoms with Crippen LogP contribution in [0.25, 0.3) is 6.08 Å². The van der Waals surface area contributed by atoms with Crippen molar-refractivity contribution < 1.29 is 19.4 Å². The van der Waals surface area contributed by atoms with Gasteiger partial charge in [0.15, 0.2) is 16.6 Å². The number of phenols is 1. The molecule has 1 aliphatic heterocycles. The zero-order valence-electron chi connectivity index (χ0n) is 12.1. The minimum Gasteiger partial charge on any atom is -0.504 e. The fourth-order valence-electron chi connectivity index (χ4n) is 2.00. The molecule has 0 atom stereocenters. The van der Waals surface area contributed by atoms with Crippen LogP contribution in [0.2, 0.25) is 5.02 Å². The molecule has 1 saturated heterocycles. The van der Waals surface area contributed by atoms with Crippen LogP contribution in [0.5, 0.6) is 11.5 Å². The van der Waals surface area contributed by atoms with Crippen LogP contribution in [0.3, 0.4) is 0 Å². The number of nitrogens with one attached hydrogen (secondary N) is 1. The normalized spacial score (nSPS) is 16.5. The quantitative estimate of drug-likeness (QED) is 0.374. The van der Waals surface area contributed by atoms with Gasteiger partial charge < -0.3 is 9.84 Å². The van der Waals surface area contributed by atoms with Crippen LogP contribution in [0.4, 0.5) is 0 Å². The Kier molecular flexibility index (Phi) is 5.02. The molecular formula is C15H13ClN2O4S. The second-order valence-electron chi connectivity index (χ2n) is 4.57. The molecule has 0 radical (unpaired) electrons. The van der Waals surface area contributed by atoms with Crippen molar-refractivity contribution in [1.82, 2.24) is 10.2 Å². The Morgan fingerprint density at radius 3 is 2.78 bits per heavy atom. The molecule has 2 N–H and O–H groups in total. The Bertz CT molecular complexity index is 745. The van der Waals surface area contributed by atoms with Crippen molar-refractivity contribution in [2.24, 2.45) is 0 Å². The Morgan fingerprint density at radius 1 is 1.48 bits per heavy atom. The Balaban J connectivity index is 2.51. The molecule has 8 heteroatoms. The average molecular weight is 353 g/mol. The number of hydrogen-bond acceptors (Lipinski definition) is 5. The van der Waals surface area contributed by atoms with E-state index in [2.05, 4.69) is 11.9 Å². The summed E-state index contributed by atoms with van der Waals surface area (Å²) in [6, 6.07) is 2.83. The van der Waals surface area contributed by atoms with E-state index >= 15 is 0 Å². The van der Waals surface area contributed by atoms with Gasteiger partial charge in [-0.2, -0.15) is 0 Å². The third kappa shape index (κ3) is 3.35. The van der Waals surface area contributed by atoms with E-state index in [-0.39, 0.29) is 39.3 Å². The number of benzene rings is 1. The number of phenolic OH excluding ortho intramolecular Hbond substituents is 1. The molecule has 6 nitrogen and oxygen atoms in total. The van der Waals surface area contributed by atoms with Gasteiger partial charge in [-0.1, -0.05) is 17.7 Å². The number of thiocarbonyl (C=S) groups is 1. The maximum atomic E-state index is 12.4. The molecule has 0 spiro atoms. The third-order valence-electron chi connectivity index (χ3n) is 3.09. The van der Waals surface area contributed by atoms with E-state index in [1.165, 1.54) is 36.3 Å². The first-order valence-electron chi connectivity index (χ1n) is 6.45. The molecule has 0 saturated carbocycles. The van der Waals surface area contributed by atoms with Gasteiger partial charge in [-0.15, -0.1) is 6.58 Å². The van der Waals surface area contributed by atoms with E-state index < -0.39 is 11.8 Å². The molecule has 0 unspecified atom stereocenters. The van der Waals surface area contributed by atoms with Crippen molar-refractivity contribution in [3.63, 3.8) is 0 Å². The van der Waals surface area contributed by atoms with Crippen LogP contribution in [-0.2, 0) is 9.59 Å². The Labute approximate surface area is 143 Å². The summed E-state index contributed by atoms with van der Waals surface area (Å²) in [6.45, 7) is 3.69. The molecule has 0 bridgehead atoms. The van der Waals surface area contributed by atoms with Crippen LogP contribution in [0, 0.1) is 0 Å². The number of carbonyl (C=O) groups excluding carboxylic acids is 2. The van der Waals surface area contributed by atoms with Gasteiger partial charge in [-0.05, 0) is 24.4 Å². The Hall–Kier alpha value is -2.38. The first kappa shape index (κ1) is 17.0. The highest BCUT2D eigenvalue weighted by Gasteiger charge is 2.32. The standard InChI is InChI=1S/C15H13ClN2O4S/c1-3-4-18-14(21)10(13(20)17-15(18)23)6-8-5-9(16)7-11(22-2)12(8)19/h3,5-7,19H,1,4H2,2H3,(H,17,20,23)/b10-6+. The van der Waals surface area contributed by atoms with Gasteiger partial charge >= 0.3 is 0 Å². The van der Waals surface area contributed by atoms with Gasteiger partial charge in [0, 0.05) is 23.2 Å². The molecule has 0 aromatic heterocycles. The van der Waals surface area contributed by atoms with Gasteiger partial charge in [0.25, 0.3) is 11.8 Å². The molecule has 120 valence electrons. The van der Waals surface area contributed by atoms with Crippen LogP contribution >= 0.6 is 23.8 Å². The van der Waals surface area contributed by atoms with Crippen molar-refractivity contribution in [2.75, 3.05) is 13.7 Å². The predicted octanol–water partition coefficient (Wildman–Crippen LogP) is 1.87. The monoisotopic (exact) mass is 352 g/mol. The van der Waals surface area contributed by atoms with E-state index in [1.54, 1.807) is 0 Å². The van der Waals surface area contributed by atoms with Crippen molar-refractivity contribution in [3.8, 4) is 11.5 Å². The highest BCUT2D eigenvalue weighted by molar-refractivity contribution is 7.80. The van der Waals surface area contributed by atoms with Crippen LogP contribution < -0.4 is 10.1 Å². The summed E-state index contributed by atoms with van der Waals surface area (Å²) in [5.74, 6) is -1.34. The number of nitrogens with zero attached hydrogens (tertiary/aromatic N) is 1. The fourth-order valence-corrected chi connectivity index (χ4v) is 2.47. The fraction of sp³-hybridized carbons (Fsp3) is 0.133. The SMILES string of the molecule is C=CCN1C(=O)/C(=C/c2cc(Cl)cc(OC)c2O)C(=O)NC1=S. The maximum Gasteiger partial charge on any atom is 0.265 e. The van der Waals surface area contributed by atoms with Crippen LogP contribution in [-0.4, -0.2) is 40.6 Å². The molecule has 1 heterocycles. The number of carbonyl (C=O) groups is 2. The lowest BCUT2D eigenvalue weighted by Crippen LogP contribution is -2.53. The van der Waals surface area contributed by atoms with Gasteiger partial charge in [-0.25, -0.2) is 0 Å². The zero-order valence-corrected chi connectivity index (χ0v) is 13.7. The van der Waals surface area contributed by atoms with E-state index in [9.17, 15) is 14.7 Å². The molecule has 23 heavy (non-hydrogen) atoms. The smallest absolute Gasteiger partial charge is 0.265 e. The van der Waals surface area contributed by atoms with Gasteiger partial charge in [0.2, 0.25) is 0 Å². The highest BCUT2D eigenvalue weighted by atomic mass is 35.5. The third-order valence-corrected chi connectivity index (χ3v) is 3.63. The second kappa shape index (κ2) is 6.80. The molecule has 2 rings (SSSR count). The van der Waals surface area contributed by atoms with Gasteiger partial charge in [0.05, 0.1) is 7.11 Å². The average Bonchev–Trinajstić information content (AvgIpc) is 2.50. The number of halogens is 1. The number of ether oxygens (including phenoxy) is 1. The second-order valence-corrected chi connectivity index (χ2v) is 5.39. The molecular weight excluding hydrogens is 340 g/mol. The van der Waals surface area contributed by atoms with Crippen molar-refractivity contribution in [1.29, 1.82) is 0 Å². The molecule has 1 aromatic carbocycles. The Morgan fingerprint density at radius 2 is 2.17 bits per heavy atom. The molecule has 2 amide bonds. The first-order valence-corrected chi connectivity index (χ1v) is 7.24. The largest absolute Gasteiger partial charge is 0.504 e. The number of rotatable bonds is 4. The summed E-state index contributed by atoms with van der Waals surface area (Å²) >= 11 is 10.9. The lowest BCUT2D eigenvalue weighted by atomic mass is 10.1. The zero-order chi connectivity index (χ0) is 17.1. The molecule has 1 aromatic rings. The number of amides is 2. The summed E-state index contributed by atoms with van der Waals surface area (Å²) in [6.07, 6.45) is 2.72. The van der Waals surface area contributed by atoms with E-state index in [0.29, 0.717) is 0 Å². The molecule has 0 aliphatic carbocycles. The summed E-state index contributed by atoms with van der Waals surface area (Å²) < 4.78 is 4.99. The number of hydrogen-bond donors (Lipinski definition) is 2. The van der Waals surface area contributed by atoms with E-state index in [4.69, 9.17) is 28.6 Å². The minimum absolute atomic E-state index is 0.00458. The van der Waals surface area contributed by atoms with E-state index in [0.717, 1.165) is 0 Å². The highest BCUT2D eigenvalue weighted by Crippen LogP contribution is 2.35. The predicted molar refractivity (Wildman–Crippen MR) is 90.3 cm³/mol. The van der Waals surface area contributed by atoms with E-state index in [1.807, 2.05) is 0 Å². The van der Waals surface area contributed by atoms with Gasteiger partial charge in [0.1, 0.15) is 5.57 Å². The van der Waals surface area contributed by atoms with Crippen molar-refractivity contribution in [2.45, 2.75) is 0 Å². The van der Waals surface area contributed by atoms with Gasteiger partial charge in [-0.3, -0.25) is 19.8 Å². The minimum atomic E-state index is -0.654. The summed E-state index contributed by atoms with van der Waals surface area (Å²) in [7, 11) is 1.37. The number of aromatic hydroxyl groups is 1. The number of methoxy groups -OCH3 is 1.